The smallest absolute Gasteiger partial charge is 0.220 e. The molecule has 0 radical (unpaired) electrons. The lowest BCUT2D eigenvalue weighted by Crippen LogP contribution is -2.25. The number of carbonyl (C=O) groups excluding carboxylic acids is 1. The molecular weight excluding hydrogens is 295 g/mol. The van der Waals surface area contributed by atoms with Crippen LogP contribution in [0.4, 0.5) is 10.1 Å². The van der Waals surface area contributed by atoms with Gasteiger partial charge in [0.05, 0.1) is 7.11 Å². The fraction of sp³-hybridized carbons (Fsp3) is 0.278. The van der Waals surface area contributed by atoms with E-state index in [4.69, 9.17) is 10.5 Å². The van der Waals surface area contributed by atoms with Gasteiger partial charge in [0.25, 0.3) is 0 Å². The number of ether oxygens (including phenoxy) is 1. The summed E-state index contributed by atoms with van der Waals surface area (Å²) in [6.07, 6.45) is 1.57. The highest BCUT2D eigenvalue weighted by molar-refractivity contribution is 5.76. The average molecular weight is 316 g/mol. The highest BCUT2D eigenvalue weighted by Gasteiger charge is 2.06. The van der Waals surface area contributed by atoms with Gasteiger partial charge in [-0.05, 0) is 48.2 Å². The van der Waals surface area contributed by atoms with Gasteiger partial charge >= 0.3 is 0 Å². The third-order valence-corrected chi connectivity index (χ3v) is 3.57. The highest BCUT2D eigenvalue weighted by atomic mass is 19.1. The van der Waals surface area contributed by atoms with Gasteiger partial charge in [0.2, 0.25) is 5.91 Å². The van der Waals surface area contributed by atoms with Crippen LogP contribution in [0.3, 0.4) is 0 Å². The molecule has 0 atom stereocenters. The number of anilines is 1. The van der Waals surface area contributed by atoms with Crippen molar-refractivity contribution in [3.8, 4) is 5.75 Å². The molecule has 2 rings (SSSR count). The van der Waals surface area contributed by atoms with Crippen LogP contribution in [0.25, 0.3) is 0 Å². The third kappa shape index (κ3) is 5.29. The monoisotopic (exact) mass is 316 g/mol. The Balaban J connectivity index is 1.72. The molecule has 5 heteroatoms. The number of nitrogens with one attached hydrogen (secondary N) is 1. The first-order valence-corrected chi connectivity index (χ1v) is 7.52. The SMILES string of the molecule is COc1ccc(CCC(=O)NCCc2ccc(N)cc2)cc1F. The zero-order chi connectivity index (χ0) is 16.7. The second kappa shape index (κ2) is 8.17. The van der Waals surface area contributed by atoms with E-state index in [2.05, 4.69) is 5.32 Å². The molecule has 4 nitrogen and oxygen atoms in total. The van der Waals surface area contributed by atoms with Gasteiger partial charge in [-0.1, -0.05) is 18.2 Å². The molecular formula is C18H21FN2O2. The van der Waals surface area contributed by atoms with Crippen molar-refractivity contribution in [1.82, 2.24) is 5.32 Å². The van der Waals surface area contributed by atoms with E-state index >= 15 is 0 Å². The summed E-state index contributed by atoms with van der Waals surface area (Å²) >= 11 is 0. The summed E-state index contributed by atoms with van der Waals surface area (Å²) in [5, 5.41) is 2.86. The lowest BCUT2D eigenvalue weighted by Gasteiger charge is -2.07. The minimum atomic E-state index is -0.409. The summed E-state index contributed by atoms with van der Waals surface area (Å²) in [7, 11) is 1.42. The fourth-order valence-corrected chi connectivity index (χ4v) is 2.24. The maximum atomic E-state index is 13.6. The molecule has 0 aliphatic heterocycles. The summed E-state index contributed by atoms with van der Waals surface area (Å²) in [5.74, 6) is -0.243. The van der Waals surface area contributed by atoms with Gasteiger partial charge in [0, 0.05) is 18.7 Å². The predicted octanol–water partition coefficient (Wildman–Crippen LogP) is 2.71. The normalized spacial score (nSPS) is 10.3. The third-order valence-electron chi connectivity index (χ3n) is 3.57. The molecule has 1 amide bonds. The van der Waals surface area contributed by atoms with E-state index in [1.165, 1.54) is 13.2 Å². The van der Waals surface area contributed by atoms with E-state index in [9.17, 15) is 9.18 Å². The maximum absolute atomic E-state index is 13.6. The molecule has 0 saturated heterocycles. The van der Waals surface area contributed by atoms with Crippen LogP contribution in [0.2, 0.25) is 0 Å². The number of halogens is 1. The average Bonchev–Trinajstić information content (AvgIpc) is 2.55. The molecule has 3 N–H and O–H groups in total. The van der Waals surface area contributed by atoms with Gasteiger partial charge < -0.3 is 15.8 Å². The van der Waals surface area contributed by atoms with Gasteiger partial charge in [0.15, 0.2) is 11.6 Å². The summed E-state index contributed by atoms with van der Waals surface area (Å²) in [5.41, 5.74) is 8.25. The molecule has 0 aliphatic rings. The Morgan fingerprint density at radius 3 is 2.48 bits per heavy atom. The minimum Gasteiger partial charge on any atom is -0.494 e. The summed E-state index contributed by atoms with van der Waals surface area (Å²) in [4.78, 5) is 11.8. The number of carbonyl (C=O) groups is 1. The fourth-order valence-electron chi connectivity index (χ4n) is 2.24. The van der Waals surface area contributed by atoms with E-state index in [-0.39, 0.29) is 11.7 Å². The second-order valence-electron chi connectivity index (χ2n) is 5.31. The maximum Gasteiger partial charge on any atom is 0.220 e. The van der Waals surface area contributed by atoms with Crippen molar-refractivity contribution < 1.29 is 13.9 Å². The lowest BCUT2D eigenvalue weighted by atomic mass is 10.1. The number of benzene rings is 2. The number of hydrogen-bond acceptors (Lipinski definition) is 3. The Kier molecular flexibility index (Phi) is 5.97. The Morgan fingerprint density at radius 2 is 1.83 bits per heavy atom. The number of aryl methyl sites for hydroxylation is 1. The first kappa shape index (κ1) is 16.8. The number of methoxy groups -OCH3 is 1. The Hall–Kier alpha value is -2.56. The highest BCUT2D eigenvalue weighted by Crippen LogP contribution is 2.18. The molecule has 23 heavy (non-hydrogen) atoms. The molecule has 122 valence electrons. The standard InChI is InChI=1S/C18H21FN2O2/c1-23-17-8-4-14(12-16(17)19)5-9-18(22)21-11-10-13-2-6-15(20)7-3-13/h2-4,6-8,12H,5,9-11,20H2,1H3,(H,21,22). The van der Waals surface area contributed by atoms with Crippen molar-refractivity contribution in [2.75, 3.05) is 19.4 Å². The van der Waals surface area contributed by atoms with Crippen LogP contribution in [0, 0.1) is 5.82 Å². The van der Waals surface area contributed by atoms with Crippen LogP contribution in [0.5, 0.6) is 5.75 Å². The summed E-state index contributed by atoms with van der Waals surface area (Å²) in [6.45, 7) is 0.569. The van der Waals surface area contributed by atoms with E-state index in [1.807, 2.05) is 24.3 Å². The number of rotatable bonds is 7. The molecule has 0 unspecified atom stereocenters. The van der Waals surface area contributed by atoms with Crippen LogP contribution in [-0.4, -0.2) is 19.6 Å². The predicted molar refractivity (Wildman–Crippen MR) is 88.8 cm³/mol. The van der Waals surface area contributed by atoms with Gasteiger partial charge in [-0.3, -0.25) is 4.79 Å². The molecule has 2 aromatic rings. The van der Waals surface area contributed by atoms with Gasteiger partial charge in [0.1, 0.15) is 0 Å². The van der Waals surface area contributed by atoms with Crippen molar-refractivity contribution in [2.24, 2.45) is 0 Å². The van der Waals surface area contributed by atoms with Gasteiger partial charge in [-0.25, -0.2) is 4.39 Å². The molecule has 0 heterocycles. The van der Waals surface area contributed by atoms with Crippen molar-refractivity contribution in [2.45, 2.75) is 19.3 Å². The van der Waals surface area contributed by atoms with Crippen molar-refractivity contribution in [3.05, 3.63) is 59.4 Å². The Labute approximate surface area is 135 Å². The lowest BCUT2D eigenvalue weighted by molar-refractivity contribution is -0.121. The van der Waals surface area contributed by atoms with E-state index < -0.39 is 5.82 Å². The van der Waals surface area contributed by atoms with E-state index in [0.717, 1.165) is 23.2 Å². The molecule has 0 spiro atoms. The van der Waals surface area contributed by atoms with Crippen molar-refractivity contribution in [3.63, 3.8) is 0 Å². The molecule has 0 fully saturated rings. The van der Waals surface area contributed by atoms with Crippen LogP contribution >= 0.6 is 0 Å². The molecule has 0 aromatic heterocycles. The van der Waals surface area contributed by atoms with Gasteiger partial charge in [-0.15, -0.1) is 0 Å². The van der Waals surface area contributed by atoms with Crippen LogP contribution < -0.4 is 15.8 Å². The van der Waals surface area contributed by atoms with E-state index in [1.54, 1.807) is 12.1 Å². The van der Waals surface area contributed by atoms with Crippen molar-refractivity contribution >= 4 is 11.6 Å². The zero-order valence-electron chi connectivity index (χ0n) is 13.1. The number of hydrogen-bond donors (Lipinski definition) is 2. The largest absolute Gasteiger partial charge is 0.494 e. The zero-order valence-corrected chi connectivity index (χ0v) is 13.1. The van der Waals surface area contributed by atoms with Gasteiger partial charge in [-0.2, -0.15) is 0 Å². The number of nitrogen functional groups attached to an aromatic ring is 1. The summed E-state index contributed by atoms with van der Waals surface area (Å²) < 4.78 is 18.4. The Morgan fingerprint density at radius 1 is 1.13 bits per heavy atom. The second-order valence-corrected chi connectivity index (χ2v) is 5.31. The number of amides is 1. The molecule has 2 aromatic carbocycles. The Bertz CT molecular complexity index is 657. The minimum absolute atomic E-state index is 0.0447. The van der Waals surface area contributed by atoms with Crippen LogP contribution in [0.1, 0.15) is 17.5 Å². The molecule has 0 saturated carbocycles. The molecule has 0 bridgehead atoms. The van der Waals surface area contributed by atoms with E-state index in [0.29, 0.717) is 19.4 Å². The molecule has 0 aliphatic carbocycles. The van der Waals surface area contributed by atoms with Crippen LogP contribution in [0.15, 0.2) is 42.5 Å². The quantitative estimate of drug-likeness (QED) is 0.772. The van der Waals surface area contributed by atoms with Crippen molar-refractivity contribution in [1.29, 1.82) is 0 Å². The number of nitrogens with two attached hydrogens (primary N) is 1. The first-order valence-electron chi connectivity index (χ1n) is 7.52. The topological polar surface area (TPSA) is 64.3 Å². The summed E-state index contributed by atoms with van der Waals surface area (Å²) in [6, 6.07) is 12.3. The first-order chi connectivity index (χ1) is 11.1. The van der Waals surface area contributed by atoms with Crippen LogP contribution in [-0.2, 0) is 17.6 Å².